The van der Waals surface area contributed by atoms with Gasteiger partial charge >= 0.3 is 0 Å². The Morgan fingerprint density at radius 2 is 2.15 bits per heavy atom. The number of imidazole rings is 1. The van der Waals surface area contributed by atoms with Gasteiger partial charge in [0.15, 0.2) is 0 Å². The molecule has 1 aromatic carbocycles. The summed E-state index contributed by atoms with van der Waals surface area (Å²) in [5.74, 6) is 0.533. The number of nitrogens with one attached hydrogen (secondary N) is 1. The molecule has 0 saturated carbocycles. The van der Waals surface area contributed by atoms with Crippen LogP contribution < -0.4 is 10.6 Å². The quantitative estimate of drug-likeness (QED) is 0.854. The van der Waals surface area contributed by atoms with Crippen LogP contribution in [0.5, 0.6) is 0 Å². The molecule has 110 valence electrons. The number of aromatic amines is 1. The molecule has 0 unspecified atom stereocenters. The molecule has 5 heteroatoms. The molecule has 2 rings (SSSR count). The maximum Gasteiger partial charge on any atom is 0.203 e. The third-order valence-electron chi connectivity index (χ3n) is 3.40. The van der Waals surface area contributed by atoms with Gasteiger partial charge in [0.05, 0.1) is 11.0 Å². The van der Waals surface area contributed by atoms with E-state index in [-0.39, 0.29) is 11.2 Å². The Morgan fingerprint density at radius 3 is 2.80 bits per heavy atom. The van der Waals surface area contributed by atoms with Crippen LogP contribution in [0.3, 0.4) is 0 Å². The van der Waals surface area contributed by atoms with Crippen LogP contribution >= 0.6 is 0 Å². The fourth-order valence-electron chi connectivity index (χ4n) is 2.23. The van der Waals surface area contributed by atoms with Crippen LogP contribution in [0, 0.1) is 11.2 Å². The molecule has 0 aliphatic heterocycles. The highest BCUT2D eigenvalue weighted by atomic mass is 19.1. The molecule has 0 spiro atoms. The first-order valence-electron chi connectivity index (χ1n) is 7.05. The summed E-state index contributed by atoms with van der Waals surface area (Å²) in [6.45, 7) is 8.73. The van der Waals surface area contributed by atoms with E-state index >= 15 is 0 Å². The molecule has 4 nitrogen and oxygen atoms in total. The highest BCUT2D eigenvalue weighted by molar-refractivity contribution is 5.77. The van der Waals surface area contributed by atoms with Crippen LogP contribution in [0.2, 0.25) is 0 Å². The Labute approximate surface area is 119 Å². The average Bonchev–Trinajstić information content (AvgIpc) is 2.81. The van der Waals surface area contributed by atoms with Crippen LogP contribution in [0.1, 0.15) is 27.2 Å². The second-order valence-corrected chi connectivity index (χ2v) is 6.01. The van der Waals surface area contributed by atoms with Crippen LogP contribution in [-0.2, 0) is 0 Å². The first-order valence-corrected chi connectivity index (χ1v) is 7.05. The van der Waals surface area contributed by atoms with Crippen LogP contribution in [0.15, 0.2) is 18.2 Å². The summed E-state index contributed by atoms with van der Waals surface area (Å²) in [4.78, 5) is 9.94. The zero-order valence-corrected chi connectivity index (χ0v) is 12.4. The normalized spacial score (nSPS) is 12.1. The van der Waals surface area contributed by atoms with Gasteiger partial charge < -0.3 is 15.6 Å². The largest absolute Gasteiger partial charge is 0.342 e. The molecule has 0 aliphatic rings. The minimum Gasteiger partial charge on any atom is -0.342 e. The predicted octanol–water partition coefficient (Wildman–Crippen LogP) is 2.90. The summed E-state index contributed by atoms with van der Waals surface area (Å²) in [6.07, 6.45) is 1.02. The molecule has 0 atom stereocenters. The number of benzene rings is 1. The summed E-state index contributed by atoms with van der Waals surface area (Å²) >= 11 is 0. The lowest BCUT2D eigenvalue weighted by Gasteiger charge is -2.31. The van der Waals surface area contributed by atoms with Crippen molar-refractivity contribution in [2.45, 2.75) is 27.2 Å². The highest BCUT2D eigenvalue weighted by Gasteiger charge is 2.22. The van der Waals surface area contributed by atoms with Gasteiger partial charge in [-0.1, -0.05) is 20.8 Å². The lowest BCUT2D eigenvalue weighted by atomic mass is 9.93. The molecule has 0 radical (unpaired) electrons. The monoisotopic (exact) mass is 278 g/mol. The number of nitrogens with zero attached hydrogens (tertiary/aromatic N) is 2. The van der Waals surface area contributed by atoms with Gasteiger partial charge in [-0.05, 0) is 36.6 Å². The van der Waals surface area contributed by atoms with Crippen molar-refractivity contribution in [2.75, 3.05) is 24.5 Å². The van der Waals surface area contributed by atoms with E-state index in [2.05, 4.69) is 35.6 Å². The molecule has 0 saturated heterocycles. The number of halogens is 1. The molecule has 1 heterocycles. The molecule has 0 amide bonds. The minimum absolute atomic E-state index is 0.0133. The van der Waals surface area contributed by atoms with E-state index < -0.39 is 0 Å². The number of H-pyrrole nitrogens is 1. The number of hydrogen-bond acceptors (Lipinski definition) is 3. The smallest absolute Gasteiger partial charge is 0.203 e. The van der Waals surface area contributed by atoms with E-state index in [1.807, 2.05) is 0 Å². The standard InChI is InChI=1S/C15H23FN4/c1-4-7-20(10-15(2,3)9-17)14-18-12-6-5-11(16)8-13(12)19-14/h5-6,8H,4,7,9-10,17H2,1-3H3,(H,18,19). The molecule has 0 fully saturated rings. The van der Waals surface area contributed by atoms with Crippen LogP contribution in [0.4, 0.5) is 10.3 Å². The van der Waals surface area contributed by atoms with Crippen molar-refractivity contribution in [3.05, 3.63) is 24.0 Å². The number of hydrogen-bond donors (Lipinski definition) is 2. The topological polar surface area (TPSA) is 57.9 Å². The van der Waals surface area contributed by atoms with Gasteiger partial charge in [-0.25, -0.2) is 9.37 Å². The van der Waals surface area contributed by atoms with E-state index in [0.29, 0.717) is 6.54 Å². The molecule has 0 aliphatic carbocycles. The average molecular weight is 278 g/mol. The van der Waals surface area contributed by atoms with Gasteiger partial charge in [0.2, 0.25) is 5.95 Å². The zero-order valence-electron chi connectivity index (χ0n) is 12.4. The SMILES string of the molecule is CCCN(CC(C)(C)CN)c1nc2ccc(F)cc2[nH]1. The van der Waals surface area contributed by atoms with E-state index in [1.54, 1.807) is 6.07 Å². The summed E-state index contributed by atoms with van der Waals surface area (Å²) in [5, 5.41) is 0. The molecule has 1 aromatic heterocycles. The number of fused-ring (bicyclic) bond motifs is 1. The van der Waals surface area contributed by atoms with Crippen molar-refractivity contribution in [1.82, 2.24) is 9.97 Å². The molecular formula is C15H23FN4. The van der Waals surface area contributed by atoms with Crippen LogP contribution in [0.25, 0.3) is 11.0 Å². The van der Waals surface area contributed by atoms with E-state index in [0.717, 1.165) is 36.5 Å². The van der Waals surface area contributed by atoms with Crippen molar-refractivity contribution in [3.63, 3.8) is 0 Å². The van der Waals surface area contributed by atoms with Gasteiger partial charge in [0.25, 0.3) is 0 Å². The van der Waals surface area contributed by atoms with Crippen molar-refractivity contribution in [1.29, 1.82) is 0 Å². The van der Waals surface area contributed by atoms with Crippen molar-refractivity contribution >= 4 is 17.0 Å². The first-order chi connectivity index (χ1) is 9.45. The van der Waals surface area contributed by atoms with E-state index in [4.69, 9.17) is 5.73 Å². The maximum atomic E-state index is 13.2. The lowest BCUT2D eigenvalue weighted by molar-refractivity contribution is 0.375. The Hall–Kier alpha value is -1.62. The summed E-state index contributed by atoms with van der Waals surface area (Å²) in [5.41, 5.74) is 7.34. The van der Waals surface area contributed by atoms with E-state index in [1.165, 1.54) is 12.1 Å². The van der Waals surface area contributed by atoms with Crippen LogP contribution in [-0.4, -0.2) is 29.6 Å². The molecular weight excluding hydrogens is 255 g/mol. The Bertz CT molecular complexity index is 576. The van der Waals surface area contributed by atoms with Crippen molar-refractivity contribution in [2.24, 2.45) is 11.1 Å². The predicted molar refractivity (Wildman–Crippen MR) is 81.4 cm³/mol. The second-order valence-electron chi connectivity index (χ2n) is 6.01. The van der Waals surface area contributed by atoms with E-state index in [9.17, 15) is 4.39 Å². The summed E-state index contributed by atoms with van der Waals surface area (Å²) in [7, 11) is 0. The fraction of sp³-hybridized carbons (Fsp3) is 0.533. The molecule has 3 N–H and O–H groups in total. The fourth-order valence-corrected chi connectivity index (χ4v) is 2.23. The molecule has 0 bridgehead atoms. The lowest BCUT2D eigenvalue weighted by Crippen LogP contribution is -2.39. The Kier molecular flexibility index (Phi) is 4.28. The number of rotatable bonds is 6. The number of aromatic nitrogens is 2. The zero-order chi connectivity index (χ0) is 14.8. The summed E-state index contributed by atoms with van der Waals surface area (Å²) in [6, 6.07) is 4.60. The first kappa shape index (κ1) is 14.8. The summed E-state index contributed by atoms with van der Waals surface area (Å²) < 4.78 is 13.2. The minimum atomic E-state index is -0.253. The van der Waals surface area contributed by atoms with Gasteiger partial charge in [-0.2, -0.15) is 0 Å². The third-order valence-corrected chi connectivity index (χ3v) is 3.40. The van der Waals surface area contributed by atoms with Gasteiger partial charge in [0, 0.05) is 13.1 Å². The number of nitrogens with two attached hydrogens (primary N) is 1. The van der Waals surface area contributed by atoms with Gasteiger partial charge in [0.1, 0.15) is 5.82 Å². The third kappa shape index (κ3) is 3.28. The van der Waals surface area contributed by atoms with Crippen molar-refractivity contribution < 1.29 is 4.39 Å². The second kappa shape index (κ2) is 5.79. The van der Waals surface area contributed by atoms with Gasteiger partial charge in [-0.3, -0.25) is 0 Å². The highest BCUT2D eigenvalue weighted by Crippen LogP contribution is 2.22. The maximum absolute atomic E-state index is 13.2. The Morgan fingerprint density at radius 1 is 1.40 bits per heavy atom. The van der Waals surface area contributed by atoms with Gasteiger partial charge in [-0.15, -0.1) is 0 Å². The van der Waals surface area contributed by atoms with Crippen molar-refractivity contribution in [3.8, 4) is 0 Å². The Balaban J connectivity index is 2.31. The molecule has 2 aromatic rings. The number of anilines is 1. The molecule has 20 heavy (non-hydrogen) atoms.